The lowest BCUT2D eigenvalue weighted by molar-refractivity contribution is -0.143. The Hall–Kier alpha value is -1.97. The van der Waals surface area contributed by atoms with Gasteiger partial charge in [-0.2, -0.15) is 26.3 Å². The smallest absolute Gasteiger partial charge is 0.334 e. The summed E-state index contributed by atoms with van der Waals surface area (Å²) in [5.41, 5.74) is -3.47. The summed E-state index contributed by atoms with van der Waals surface area (Å²) in [7, 11) is 0. The molecule has 2 amide bonds. The highest BCUT2D eigenvalue weighted by Crippen LogP contribution is 2.37. The van der Waals surface area contributed by atoms with E-state index >= 15 is 0 Å². The highest BCUT2D eigenvalue weighted by atomic mass is 19.4. The van der Waals surface area contributed by atoms with Crippen molar-refractivity contribution < 1.29 is 31.1 Å². The van der Waals surface area contributed by atoms with Gasteiger partial charge in [0, 0.05) is 17.8 Å². The minimum Gasteiger partial charge on any atom is -0.334 e. The van der Waals surface area contributed by atoms with Crippen LogP contribution in [0.15, 0.2) is 18.2 Å². The van der Waals surface area contributed by atoms with Crippen LogP contribution in [0.5, 0.6) is 0 Å². The predicted molar refractivity (Wildman–Crippen MR) is 125 cm³/mol. The number of unbranched alkanes of at least 4 members (excludes halogenated alkanes) is 4. The van der Waals surface area contributed by atoms with Crippen molar-refractivity contribution in [2.24, 2.45) is 0 Å². The number of benzene rings is 1. The number of hydrogen-bond acceptors (Lipinski definition) is 2. The van der Waals surface area contributed by atoms with E-state index < -0.39 is 35.2 Å². The average molecular weight is 510 g/mol. The fourth-order valence-electron chi connectivity index (χ4n) is 4.65. The van der Waals surface area contributed by atoms with Gasteiger partial charge >= 0.3 is 18.4 Å². The molecule has 2 rings (SSSR count). The Morgan fingerprint density at radius 3 is 1.86 bits per heavy atom. The number of hydrogen-bond donors (Lipinski definition) is 2. The molecule has 35 heavy (non-hydrogen) atoms. The molecule has 1 saturated carbocycles. The minimum absolute atomic E-state index is 0.0464. The molecular weight excluding hydrogens is 472 g/mol. The van der Waals surface area contributed by atoms with Crippen LogP contribution in [0.3, 0.4) is 0 Å². The summed E-state index contributed by atoms with van der Waals surface area (Å²) in [6.07, 6.45) is 0.0665. The van der Waals surface area contributed by atoms with Crippen LogP contribution >= 0.6 is 0 Å². The van der Waals surface area contributed by atoms with Crippen molar-refractivity contribution in [2.75, 3.05) is 18.4 Å². The second-order valence-electron chi connectivity index (χ2n) is 9.30. The van der Waals surface area contributed by atoms with Crippen LogP contribution in [-0.2, 0) is 12.4 Å². The first-order valence-corrected chi connectivity index (χ1v) is 12.6. The number of nitrogens with zero attached hydrogens (tertiary/aromatic N) is 1. The summed E-state index contributed by atoms with van der Waals surface area (Å²) in [5.74, 6) is 0. The Bertz CT molecular complexity index is 754. The lowest BCUT2D eigenvalue weighted by Gasteiger charge is -2.40. The molecule has 0 bridgehead atoms. The van der Waals surface area contributed by atoms with Gasteiger partial charge in [-0.25, -0.2) is 4.79 Å². The van der Waals surface area contributed by atoms with Crippen molar-refractivity contribution in [3.63, 3.8) is 0 Å². The van der Waals surface area contributed by atoms with Crippen molar-refractivity contribution in [2.45, 2.75) is 102 Å². The molecule has 1 aliphatic rings. The van der Waals surface area contributed by atoms with Crippen LogP contribution in [-0.4, -0.2) is 36.1 Å². The molecule has 200 valence electrons. The number of urea groups is 1. The highest BCUT2D eigenvalue weighted by molar-refractivity contribution is 5.89. The molecule has 0 heterocycles. The third-order valence-corrected chi connectivity index (χ3v) is 6.46. The Balaban J connectivity index is 2.15. The number of halogens is 6. The summed E-state index contributed by atoms with van der Waals surface area (Å²) >= 11 is 0. The van der Waals surface area contributed by atoms with E-state index in [0.29, 0.717) is 18.6 Å². The number of carbonyl (C=O) groups is 1. The van der Waals surface area contributed by atoms with E-state index in [4.69, 9.17) is 0 Å². The number of anilines is 1. The van der Waals surface area contributed by atoms with Gasteiger partial charge in [0.1, 0.15) is 0 Å². The first kappa shape index (κ1) is 29.3. The van der Waals surface area contributed by atoms with Crippen molar-refractivity contribution in [1.82, 2.24) is 10.2 Å². The third-order valence-electron chi connectivity index (χ3n) is 6.46. The first-order valence-electron chi connectivity index (χ1n) is 12.6. The largest absolute Gasteiger partial charge is 0.416 e. The number of nitrogens with one attached hydrogen (secondary N) is 2. The van der Waals surface area contributed by atoms with Crippen LogP contribution < -0.4 is 10.6 Å². The monoisotopic (exact) mass is 509 g/mol. The molecule has 2 N–H and O–H groups in total. The molecule has 0 spiro atoms. The van der Waals surface area contributed by atoms with Gasteiger partial charge in [0.15, 0.2) is 0 Å². The summed E-state index contributed by atoms with van der Waals surface area (Å²) < 4.78 is 78.8. The standard InChI is InChI=1S/C25H37F6N3O/c1-3-5-9-13-34(14-10-6-4-2)22-12-8-7-11-21(22)33-23(35)32-20-16-18(24(26,27)28)15-19(17-20)25(29,30)31/h15-17,21-22H,3-14H2,1-2H3,(H2,32,33,35)/t21-,22-/m0/s1. The van der Waals surface area contributed by atoms with E-state index in [-0.39, 0.29) is 18.2 Å². The summed E-state index contributed by atoms with van der Waals surface area (Å²) in [6.45, 7) is 6.08. The molecule has 0 aliphatic heterocycles. The zero-order valence-corrected chi connectivity index (χ0v) is 20.5. The van der Waals surface area contributed by atoms with Gasteiger partial charge in [0.05, 0.1) is 11.1 Å². The van der Waals surface area contributed by atoms with Crippen LogP contribution in [0.25, 0.3) is 0 Å². The van der Waals surface area contributed by atoms with Crippen LogP contribution in [0.4, 0.5) is 36.8 Å². The minimum atomic E-state index is -4.97. The van der Waals surface area contributed by atoms with E-state index in [0.717, 1.165) is 70.9 Å². The van der Waals surface area contributed by atoms with E-state index in [2.05, 4.69) is 29.4 Å². The molecule has 0 saturated heterocycles. The number of rotatable bonds is 11. The zero-order valence-electron chi connectivity index (χ0n) is 20.5. The fraction of sp³-hybridized carbons (Fsp3) is 0.720. The van der Waals surface area contributed by atoms with Crippen molar-refractivity contribution in [1.29, 1.82) is 0 Å². The maximum absolute atomic E-state index is 13.1. The molecule has 1 aliphatic carbocycles. The molecule has 10 heteroatoms. The molecule has 1 aromatic carbocycles. The summed E-state index contributed by atoms with van der Waals surface area (Å²) in [6, 6.07) is 0.168. The fourth-order valence-corrected chi connectivity index (χ4v) is 4.65. The molecule has 0 radical (unpaired) electrons. The van der Waals surface area contributed by atoms with E-state index in [1.807, 2.05) is 0 Å². The molecule has 4 nitrogen and oxygen atoms in total. The maximum Gasteiger partial charge on any atom is 0.416 e. The third kappa shape index (κ3) is 9.54. The van der Waals surface area contributed by atoms with Crippen LogP contribution in [0.1, 0.15) is 89.2 Å². The summed E-state index contributed by atoms with van der Waals surface area (Å²) in [4.78, 5) is 15.1. The van der Waals surface area contributed by atoms with Crippen LogP contribution in [0.2, 0.25) is 0 Å². The average Bonchev–Trinajstić information content (AvgIpc) is 2.77. The van der Waals surface area contributed by atoms with Gasteiger partial charge in [0.2, 0.25) is 0 Å². The van der Waals surface area contributed by atoms with Gasteiger partial charge in [-0.1, -0.05) is 52.4 Å². The predicted octanol–water partition coefficient (Wildman–Crippen LogP) is 7.84. The summed E-state index contributed by atoms with van der Waals surface area (Å²) in [5, 5.41) is 5.05. The number of carbonyl (C=O) groups excluding carboxylic acids is 1. The van der Waals surface area contributed by atoms with Crippen molar-refractivity contribution in [3.8, 4) is 0 Å². The van der Waals surface area contributed by atoms with Gasteiger partial charge in [-0.05, 0) is 57.0 Å². The Kier molecular flexibility index (Phi) is 11.2. The molecule has 2 atom stereocenters. The highest BCUT2D eigenvalue weighted by Gasteiger charge is 2.37. The van der Waals surface area contributed by atoms with Gasteiger partial charge in [-0.15, -0.1) is 0 Å². The van der Waals surface area contributed by atoms with Crippen molar-refractivity contribution >= 4 is 11.7 Å². The number of alkyl halides is 6. The molecule has 1 fully saturated rings. The molecule has 1 aromatic rings. The molecular formula is C25H37F6N3O. The van der Waals surface area contributed by atoms with E-state index in [9.17, 15) is 31.1 Å². The molecule has 0 aromatic heterocycles. The van der Waals surface area contributed by atoms with E-state index in [1.54, 1.807) is 0 Å². The van der Waals surface area contributed by atoms with Gasteiger partial charge in [-0.3, -0.25) is 4.90 Å². The van der Waals surface area contributed by atoms with Crippen molar-refractivity contribution in [3.05, 3.63) is 29.3 Å². The van der Waals surface area contributed by atoms with E-state index in [1.165, 1.54) is 0 Å². The lowest BCUT2D eigenvalue weighted by atomic mass is 9.88. The second kappa shape index (κ2) is 13.4. The Morgan fingerprint density at radius 2 is 1.37 bits per heavy atom. The second-order valence-corrected chi connectivity index (χ2v) is 9.30. The first-order chi connectivity index (χ1) is 16.5. The Morgan fingerprint density at radius 1 is 0.857 bits per heavy atom. The Labute approximate surface area is 203 Å². The molecule has 0 unspecified atom stereocenters. The topological polar surface area (TPSA) is 44.4 Å². The normalized spacial score (nSPS) is 19.1. The maximum atomic E-state index is 13.1. The zero-order chi connectivity index (χ0) is 26.1. The van der Waals surface area contributed by atoms with Crippen LogP contribution in [0, 0.1) is 0 Å². The number of amides is 2. The van der Waals surface area contributed by atoms with Gasteiger partial charge in [0.25, 0.3) is 0 Å². The quantitative estimate of drug-likeness (QED) is 0.236. The lowest BCUT2D eigenvalue weighted by Crippen LogP contribution is -2.54. The SMILES string of the molecule is CCCCCN(CCCCC)[C@H]1CCCC[C@@H]1NC(=O)Nc1cc(C(F)(F)F)cc(C(F)(F)F)c1. The van der Waals surface area contributed by atoms with Gasteiger partial charge < -0.3 is 10.6 Å².